The lowest BCUT2D eigenvalue weighted by Crippen LogP contribution is -2.38. The molecule has 0 aromatic heterocycles. The predicted octanol–water partition coefficient (Wildman–Crippen LogP) is 3.09. The summed E-state index contributed by atoms with van der Waals surface area (Å²) in [4.78, 5) is 12.1. The minimum Gasteiger partial charge on any atom is -0.349 e. The monoisotopic (exact) mass is 276 g/mol. The van der Waals surface area contributed by atoms with Gasteiger partial charge in [-0.15, -0.1) is 11.6 Å². The van der Waals surface area contributed by atoms with Gasteiger partial charge in [-0.05, 0) is 43.4 Å². The van der Waals surface area contributed by atoms with Gasteiger partial charge in [-0.25, -0.2) is 0 Å². The molecule has 1 aliphatic carbocycles. The Morgan fingerprint density at radius 2 is 2.32 bits per heavy atom. The van der Waals surface area contributed by atoms with Crippen molar-refractivity contribution in [3.8, 4) is 6.07 Å². The van der Waals surface area contributed by atoms with Crippen molar-refractivity contribution in [2.24, 2.45) is 5.92 Å². The van der Waals surface area contributed by atoms with Gasteiger partial charge >= 0.3 is 0 Å². The summed E-state index contributed by atoms with van der Waals surface area (Å²) < 4.78 is 0. The number of hydrogen-bond acceptors (Lipinski definition) is 2. The van der Waals surface area contributed by atoms with Gasteiger partial charge < -0.3 is 5.32 Å². The molecule has 0 radical (unpaired) electrons. The fourth-order valence-electron chi connectivity index (χ4n) is 2.56. The number of nitriles is 1. The second-order valence-corrected chi connectivity index (χ2v) is 5.36. The van der Waals surface area contributed by atoms with Gasteiger partial charge in [0.1, 0.15) is 0 Å². The number of carbonyl (C=O) groups is 1. The van der Waals surface area contributed by atoms with E-state index in [1.165, 1.54) is 0 Å². The second-order valence-electron chi connectivity index (χ2n) is 5.05. The van der Waals surface area contributed by atoms with E-state index in [-0.39, 0.29) is 11.9 Å². The van der Waals surface area contributed by atoms with E-state index in [1.807, 2.05) is 6.07 Å². The minimum atomic E-state index is -0.0997. The molecule has 2 atom stereocenters. The largest absolute Gasteiger partial charge is 0.349 e. The fraction of sp³-hybridized carbons (Fsp3) is 0.467. The molecule has 19 heavy (non-hydrogen) atoms. The first-order valence-corrected chi connectivity index (χ1v) is 7.13. The molecule has 1 amide bonds. The molecule has 0 saturated heterocycles. The Kier molecular flexibility index (Phi) is 4.81. The Bertz CT molecular complexity index is 495. The number of nitrogens with zero attached hydrogens (tertiary/aromatic N) is 1. The van der Waals surface area contributed by atoms with Gasteiger partial charge in [0.2, 0.25) is 0 Å². The normalized spacial score (nSPS) is 22.5. The molecular formula is C15H17ClN2O. The lowest BCUT2D eigenvalue weighted by atomic mass is 9.87. The summed E-state index contributed by atoms with van der Waals surface area (Å²) in [6.07, 6.45) is 4.23. The third kappa shape index (κ3) is 3.71. The molecule has 2 unspecified atom stereocenters. The van der Waals surface area contributed by atoms with E-state index in [0.717, 1.165) is 25.7 Å². The van der Waals surface area contributed by atoms with Crippen LogP contribution in [-0.2, 0) is 0 Å². The van der Waals surface area contributed by atoms with Crippen LogP contribution in [-0.4, -0.2) is 17.8 Å². The van der Waals surface area contributed by atoms with Crippen LogP contribution in [0, 0.1) is 17.2 Å². The van der Waals surface area contributed by atoms with Gasteiger partial charge in [0.05, 0.1) is 11.6 Å². The Balaban J connectivity index is 1.98. The molecule has 2 rings (SSSR count). The van der Waals surface area contributed by atoms with Crippen molar-refractivity contribution in [2.75, 3.05) is 5.88 Å². The quantitative estimate of drug-likeness (QED) is 0.863. The number of amides is 1. The van der Waals surface area contributed by atoms with Crippen molar-refractivity contribution in [3.05, 3.63) is 35.4 Å². The number of rotatable bonds is 3. The maximum atomic E-state index is 12.1. The van der Waals surface area contributed by atoms with Gasteiger partial charge in [0, 0.05) is 17.5 Å². The summed E-state index contributed by atoms with van der Waals surface area (Å²) in [5, 5.41) is 11.9. The van der Waals surface area contributed by atoms with Crippen molar-refractivity contribution in [2.45, 2.75) is 31.7 Å². The third-order valence-electron chi connectivity index (χ3n) is 3.59. The molecule has 0 spiro atoms. The van der Waals surface area contributed by atoms with Crippen LogP contribution in [0.5, 0.6) is 0 Å². The number of hydrogen-bond donors (Lipinski definition) is 1. The van der Waals surface area contributed by atoms with Crippen LogP contribution in [0.2, 0.25) is 0 Å². The number of benzene rings is 1. The molecule has 1 saturated carbocycles. The number of alkyl halides is 1. The van der Waals surface area contributed by atoms with Gasteiger partial charge in [-0.3, -0.25) is 4.79 Å². The van der Waals surface area contributed by atoms with Crippen LogP contribution >= 0.6 is 11.6 Å². The molecule has 1 N–H and O–H groups in total. The SMILES string of the molecule is N#Cc1cccc(C(=O)NC2CCCC(CCl)C2)c1. The lowest BCUT2D eigenvalue weighted by Gasteiger charge is -2.28. The van der Waals surface area contributed by atoms with E-state index in [0.29, 0.717) is 22.9 Å². The summed E-state index contributed by atoms with van der Waals surface area (Å²) in [7, 11) is 0. The third-order valence-corrected chi connectivity index (χ3v) is 4.03. The van der Waals surface area contributed by atoms with Crippen molar-refractivity contribution in [1.29, 1.82) is 5.26 Å². The minimum absolute atomic E-state index is 0.0997. The van der Waals surface area contributed by atoms with E-state index in [4.69, 9.17) is 16.9 Å². The number of carbonyl (C=O) groups excluding carboxylic acids is 1. The van der Waals surface area contributed by atoms with Crippen LogP contribution in [0.25, 0.3) is 0 Å². The van der Waals surface area contributed by atoms with Crippen LogP contribution in [0.3, 0.4) is 0 Å². The average Bonchev–Trinajstić information content (AvgIpc) is 2.47. The van der Waals surface area contributed by atoms with Crippen LogP contribution in [0.15, 0.2) is 24.3 Å². The molecule has 1 aliphatic rings. The zero-order valence-electron chi connectivity index (χ0n) is 10.7. The first-order valence-electron chi connectivity index (χ1n) is 6.60. The molecular weight excluding hydrogens is 260 g/mol. The summed E-state index contributed by atoms with van der Waals surface area (Å²) >= 11 is 5.89. The summed E-state index contributed by atoms with van der Waals surface area (Å²) in [6.45, 7) is 0. The van der Waals surface area contributed by atoms with Crippen molar-refractivity contribution >= 4 is 17.5 Å². The highest BCUT2D eigenvalue weighted by Crippen LogP contribution is 2.25. The molecule has 0 bridgehead atoms. The molecule has 1 fully saturated rings. The van der Waals surface area contributed by atoms with E-state index in [1.54, 1.807) is 24.3 Å². The fourth-order valence-corrected chi connectivity index (χ4v) is 2.84. The zero-order valence-corrected chi connectivity index (χ0v) is 11.5. The highest BCUT2D eigenvalue weighted by molar-refractivity contribution is 6.18. The van der Waals surface area contributed by atoms with E-state index >= 15 is 0 Å². The van der Waals surface area contributed by atoms with E-state index in [2.05, 4.69) is 5.32 Å². The summed E-state index contributed by atoms with van der Waals surface area (Å²) in [5.74, 6) is 1.07. The Morgan fingerprint density at radius 1 is 1.47 bits per heavy atom. The van der Waals surface area contributed by atoms with Crippen molar-refractivity contribution in [3.63, 3.8) is 0 Å². The van der Waals surface area contributed by atoms with Crippen LogP contribution in [0.4, 0.5) is 0 Å². The summed E-state index contributed by atoms with van der Waals surface area (Å²) in [5.41, 5.74) is 1.06. The highest BCUT2D eigenvalue weighted by atomic mass is 35.5. The Hall–Kier alpha value is -1.53. The van der Waals surface area contributed by atoms with Crippen molar-refractivity contribution < 1.29 is 4.79 Å². The molecule has 100 valence electrons. The summed E-state index contributed by atoms with van der Waals surface area (Å²) in [6, 6.07) is 9.03. The van der Waals surface area contributed by atoms with E-state index < -0.39 is 0 Å². The Morgan fingerprint density at radius 3 is 3.05 bits per heavy atom. The number of halogens is 1. The van der Waals surface area contributed by atoms with Crippen LogP contribution < -0.4 is 5.32 Å². The van der Waals surface area contributed by atoms with Crippen molar-refractivity contribution in [1.82, 2.24) is 5.32 Å². The topological polar surface area (TPSA) is 52.9 Å². The smallest absolute Gasteiger partial charge is 0.251 e. The highest BCUT2D eigenvalue weighted by Gasteiger charge is 2.23. The van der Waals surface area contributed by atoms with Gasteiger partial charge in [-0.2, -0.15) is 5.26 Å². The average molecular weight is 277 g/mol. The first kappa shape index (κ1) is 13.9. The van der Waals surface area contributed by atoms with E-state index in [9.17, 15) is 4.79 Å². The van der Waals surface area contributed by atoms with Gasteiger partial charge in [0.25, 0.3) is 5.91 Å². The maximum Gasteiger partial charge on any atom is 0.251 e. The Labute approximate surface area is 118 Å². The molecule has 3 nitrogen and oxygen atoms in total. The predicted molar refractivity (Wildman–Crippen MR) is 75.1 cm³/mol. The standard InChI is InChI=1S/C15H17ClN2O/c16-9-11-3-2-6-14(8-11)18-15(19)13-5-1-4-12(7-13)10-17/h1,4-5,7,11,14H,2-3,6,8-9H2,(H,18,19). The zero-order chi connectivity index (χ0) is 13.7. The molecule has 1 aromatic rings. The molecule has 0 heterocycles. The molecule has 4 heteroatoms. The maximum absolute atomic E-state index is 12.1. The second kappa shape index (κ2) is 6.58. The lowest BCUT2D eigenvalue weighted by molar-refractivity contribution is 0.0921. The van der Waals surface area contributed by atoms with Gasteiger partial charge in [-0.1, -0.05) is 12.5 Å². The number of nitrogens with one attached hydrogen (secondary N) is 1. The molecule has 1 aromatic carbocycles. The molecule has 0 aliphatic heterocycles. The van der Waals surface area contributed by atoms with Gasteiger partial charge in [0.15, 0.2) is 0 Å². The van der Waals surface area contributed by atoms with Crippen LogP contribution in [0.1, 0.15) is 41.6 Å². The first-order chi connectivity index (χ1) is 9.22.